The van der Waals surface area contributed by atoms with Gasteiger partial charge in [0.25, 0.3) is 0 Å². The van der Waals surface area contributed by atoms with E-state index < -0.39 is 11.9 Å². The Balaban J connectivity index is 1.62. The van der Waals surface area contributed by atoms with Gasteiger partial charge in [-0.25, -0.2) is 4.79 Å². The molecule has 1 heterocycles. The lowest BCUT2D eigenvalue weighted by Gasteiger charge is -2.11. The van der Waals surface area contributed by atoms with E-state index in [1.807, 2.05) is 36.4 Å². The van der Waals surface area contributed by atoms with Gasteiger partial charge in [-0.05, 0) is 23.3 Å². The number of amides is 1. The maximum atomic E-state index is 12.1. The summed E-state index contributed by atoms with van der Waals surface area (Å²) in [6.07, 6.45) is 0.544. The van der Waals surface area contributed by atoms with Crippen molar-refractivity contribution in [2.24, 2.45) is 5.73 Å². The fourth-order valence-corrected chi connectivity index (χ4v) is 2.47. The quantitative estimate of drug-likeness (QED) is 0.844. The first kappa shape index (κ1) is 14.1. The van der Waals surface area contributed by atoms with E-state index in [0.717, 1.165) is 16.8 Å². The predicted octanol–water partition coefficient (Wildman–Crippen LogP) is 1.87. The highest BCUT2D eigenvalue weighted by molar-refractivity contribution is 5.94. The minimum Gasteiger partial charge on any atom is -0.459 e. The molecule has 3 rings (SSSR count). The third-order valence-electron chi connectivity index (χ3n) is 3.66. The molecule has 1 unspecified atom stereocenters. The molecule has 1 amide bonds. The van der Waals surface area contributed by atoms with Crippen molar-refractivity contribution in [3.63, 3.8) is 0 Å². The molecule has 0 fully saturated rings. The van der Waals surface area contributed by atoms with Crippen LogP contribution in [0.5, 0.6) is 0 Å². The number of carbonyl (C=O) groups is 2. The van der Waals surface area contributed by atoms with E-state index in [9.17, 15) is 9.59 Å². The van der Waals surface area contributed by atoms with E-state index in [1.54, 1.807) is 12.1 Å². The molecule has 0 aromatic heterocycles. The highest BCUT2D eigenvalue weighted by Gasteiger charge is 2.28. The molecule has 1 aliphatic heterocycles. The van der Waals surface area contributed by atoms with Crippen LogP contribution in [0, 0.1) is 0 Å². The van der Waals surface area contributed by atoms with Gasteiger partial charge in [-0.15, -0.1) is 0 Å². The van der Waals surface area contributed by atoms with Crippen LogP contribution in [0.15, 0.2) is 48.5 Å². The number of carbonyl (C=O) groups excluding carboxylic acids is 2. The second-order valence-corrected chi connectivity index (χ2v) is 5.23. The smallest absolute Gasteiger partial charge is 0.329 e. The van der Waals surface area contributed by atoms with Crippen molar-refractivity contribution in [3.05, 3.63) is 65.2 Å². The summed E-state index contributed by atoms with van der Waals surface area (Å²) in [6, 6.07) is 14.2. The number of esters is 1. The van der Waals surface area contributed by atoms with Crippen molar-refractivity contribution in [3.8, 4) is 0 Å². The van der Waals surface area contributed by atoms with Gasteiger partial charge >= 0.3 is 5.97 Å². The summed E-state index contributed by atoms with van der Waals surface area (Å²) >= 11 is 0. The lowest BCUT2D eigenvalue weighted by atomic mass is 10.1. The number of fused-ring (bicyclic) bond motifs is 1. The van der Waals surface area contributed by atoms with Gasteiger partial charge in [0.15, 0.2) is 0 Å². The molecule has 0 bridgehead atoms. The van der Waals surface area contributed by atoms with Crippen molar-refractivity contribution in [1.29, 1.82) is 0 Å². The number of hydrogen-bond donors (Lipinski definition) is 2. The van der Waals surface area contributed by atoms with E-state index in [2.05, 4.69) is 5.32 Å². The first-order valence-electron chi connectivity index (χ1n) is 7.03. The zero-order valence-electron chi connectivity index (χ0n) is 11.9. The Labute approximate surface area is 128 Å². The van der Waals surface area contributed by atoms with Gasteiger partial charge in [-0.1, -0.05) is 36.4 Å². The first-order valence-corrected chi connectivity index (χ1v) is 7.03. The Kier molecular flexibility index (Phi) is 3.78. The van der Waals surface area contributed by atoms with E-state index in [-0.39, 0.29) is 12.6 Å². The number of benzene rings is 2. The summed E-state index contributed by atoms with van der Waals surface area (Å²) in [6.45, 7) is 0.251. The molecule has 112 valence electrons. The van der Waals surface area contributed by atoms with Crippen LogP contribution in [-0.2, 0) is 22.6 Å². The third kappa shape index (κ3) is 2.93. The van der Waals surface area contributed by atoms with Gasteiger partial charge in [0.1, 0.15) is 12.6 Å². The van der Waals surface area contributed by atoms with Crippen LogP contribution in [0.25, 0.3) is 0 Å². The summed E-state index contributed by atoms with van der Waals surface area (Å²) in [7, 11) is 0. The summed E-state index contributed by atoms with van der Waals surface area (Å²) in [5.41, 5.74) is 8.36. The summed E-state index contributed by atoms with van der Waals surface area (Å²) in [4.78, 5) is 23.3. The van der Waals surface area contributed by atoms with Crippen LogP contribution in [0.4, 0.5) is 5.69 Å². The Bertz CT molecular complexity index is 713. The number of rotatable bonds is 4. The zero-order chi connectivity index (χ0) is 15.5. The molecule has 0 saturated heterocycles. The van der Waals surface area contributed by atoms with Gasteiger partial charge in [0.2, 0.25) is 5.91 Å². The van der Waals surface area contributed by atoms with E-state index >= 15 is 0 Å². The molecule has 1 atom stereocenters. The monoisotopic (exact) mass is 296 g/mol. The standard InChI is InChI=1S/C17H16N2O3/c18-16(20)13-7-6-12-8-15(19-14(12)9-13)17(21)22-10-11-4-2-1-3-5-11/h1-7,9,15,19H,8,10H2,(H2,18,20). The Hall–Kier alpha value is -2.82. The molecule has 1 aliphatic rings. The third-order valence-corrected chi connectivity index (χ3v) is 3.66. The van der Waals surface area contributed by atoms with Gasteiger partial charge in [0.05, 0.1) is 0 Å². The first-order chi connectivity index (χ1) is 10.6. The van der Waals surface area contributed by atoms with Crippen molar-refractivity contribution in [2.45, 2.75) is 19.1 Å². The number of nitrogens with two attached hydrogens (primary N) is 1. The van der Waals surface area contributed by atoms with E-state index in [0.29, 0.717) is 12.0 Å². The molecule has 22 heavy (non-hydrogen) atoms. The lowest BCUT2D eigenvalue weighted by molar-refractivity contribution is -0.145. The van der Waals surface area contributed by atoms with Crippen LogP contribution in [0.3, 0.4) is 0 Å². The fourth-order valence-electron chi connectivity index (χ4n) is 2.47. The number of anilines is 1. The molecule has 2 aromatic rings. The molecular weight excluding hydrogens is 280 g/mol. The molecule has 5 heteroatoms. The number of primary amides is 1. The second kappa shape index (κ2) is 5.89. The maximum Gasteiger partial charge on any atom is 0.329 e. The van der Waals surface area contributed by atoms with Crippen LogP contribution in [0.2, 0.25) is 0 Å². The van der Waals surface area contributed by atoms with Crippen LogP contribution < -0.4 is 11.1 Å². The molecule has 0 spiro atoms. The second-order valence-electron chi connectivity index (χ2n) is 5.23. The van der Waals surface area contributed by atoms with Crippen LogP contribution >= 0.6 is 0 Å². The number of nitrogens with one attached hydrogen (secondary N) is 1. The molecule has 0 radical (unpaired) electrons. The molecule has 3 N–H and O–H groups in total. The van der Waals surface area contributed by atoms with Crippen molar-refractivity contribution < 1.29 is 14.3 Å². The average Bonchev–Trinajstić information content (AvgIpc) is 2.96. The van der Waals surface area contributed by atoms with Crippen molar-refractivity contribution in [1.82, 2.24) is 0 Å². The summed E-state index contributed by atoms with van der Waals surface area (Å²) in [5.74, 6) is -0.791. The summed E-state index contributed by atoms with van der Waals surface area (Å²) in [5, 5.41) is 3.08. The zero-order valence-corrected chi connectivity index (χ0v) is 11.9. The van der Waals surface area contributed by atoms with Crippen LogP contribution in [0.1, 0.15) is 21.5 Å². The molecule has 5 nitrogen and oxygen atoms in total. The van der Waals surface area contributed by atoms with Gasteiger partial charge < -0.3 is 15.8 Å². The average molecular weight is 296 g/mol. The highest BCUT2D eigenvalue weighted by atomic mass is 16.5. The largest absolute Gasteiger partial charge is 0.459 e. The number of ether oxygens (including phenoxy) is 1. The number of hydrogen-bond acceptors (Lipinski definition) is 4. The van der Waals surface area contributed by atoms with Gasteiger partial charge in [-0.2, -0.15) is 0 Å². The molecule has 0 aliphatic carbocycles. The SMILES string of the molecule is NC(=O)c1ccc2c(c1)NC(C(=O)OCc1ccccc1)C2. The Morgan fingerprint density at radius 1 is 1.18 bits per heavy atom. The Morgan fingerprint density at radius 2 is 1.95 bits per heavy atom. The van der Waals surface area contributed by atoms with Crippen molar-refractivity contribution >= 4 is 17.6 Å². The fraction of sp³-hybridized carbons (Fsp3) is 0.176. The minimum absolute atomic E-state index is 0.251. The molecule has 2 aromatic carbocycles. The molecular formula is C17H16N2O3. The lowest BCUT2D eigenvalue weighted by Crippen LogP contribution is -2.28. The van der Waals surface area contributed by atoms with Gasteiger partial charge in [-0.3, -0.25) is 4.79 Å². The molecule has 0 saturated carbocycles. The van der Waals surface area contributed by atoms with Crippen LogP contribution in [-0.4, -0.2) is 17.9 Å². The highest BCUT2D eigenvalue weighted by Crippen LogP contribution is 2.27. The maximum absolute atomic E-state index is 12.1. The normalized spacial score (nSPS) is 15.7. The van der Waals surface area contributed by atoms with Crippen molar-refractivity contribution in [2.75, 3.05) is 5.32 Å². The van der Waals surface area contributed by atoms with E-state index in [1.165, 1.54) is 0 Å². The van der Waals surface area contributed by atoms with Gasteiger partial charge in [0, 0.05) is 17.7 Å². The predicted molar refractivity (Wildman–Crippen MR) is 82.3 cm³/mol. The van der Waals surface area contributed by atoms with E-state index in [4.69, 9.17) is 10.5 Å². The topological polar surface area (TPSA) is 81.4 Å². The summed E-state index contributed by atoms with van der Waals surface area (Å²) < 4.78 is 5.33. The Morgan fingerprint density at radius 3 is 2.68 bits per heavy atom. The minimum atomic E-state index is -0.486.